The lowest BCUT2D eigenvalue weighted by Gasteiger charge is -2.32. The zero-order valence-electron chi connectivity index (χ0n) is 16.1. The van der Waals surface area contributed by atoms with Gasteiger partial charge in [-0.15, -0.1) is 0 Å². The Labute approximate surface area is 164 Å². The molecule has 1 N–H and O–H groups in total. The largest absolute Gasteiger partial charge is 0.439 e. The molecule has 0 bridgehead atoms. The quantitative estimate of drug-likeness (QED) is 0.733. The zero-order chi connectivity index (χ0) is 18.8. The minimum atomic E-state index is 0.483. The number of rotatable bonds is 5. The number of hydrogen-bond donors (Lipinski definition) is 1. The summed E-state index contributed by atoms with van der Waals surface area (Å²) in [6.07, 6.45) is 4.38. The van der Waals surface area contributed by atoms with Crippen LogP contribution in [0, 0.1) is 0 Å². The molecule has 2 aliphatic heterocycles. The molecule has 0 radical (unpaired) electrons. The van der Waals surface area contributed by atoms with E-state index >= 15 is 0 Å². The molecule has 1 unspecified atom stereocenters. The van der Waals surface area contributed by atoms with E-state index in [4.69, 9.17) is 9.15 Å². The van der Waals surface area contributed by atoms with Gasteiger partial charge in [0.05, 0.1) is 26.0 Å². The van der Waals surface area contributed by atoms with Crippen molar-refractivity contribution in [2.24, 2.45) is 0 Å². The van der Waals surface area contributed by atoms with E-state index in [9.17, 15) is 0 Å². The second-order valence-electron chi connectivity index (χ2n) is 7.85. The van der Waals surface area contributed by atoms with Crippen LogP contribution in [0.15, 0.2) is 34.9 Å². The third-order valence-corrected chi connectivity index (χ3v) is 5.86. The Morgan fingerprint density at radius 1 is 1.07 bits per heavy atom. The first-order chi connectivity index (χ1) is 13.8. The van der Waals surface area contributed by atoms with E-state index in [0.717, 1.165) is 69.5 Å². The van der Waals surface area contributed by atoms with E-state index in [1.54, 1.807) is 0 Å². The Hall–Kier alpha value is -2.22. The maximum absolute atomic E-state index is 5.93. The lowest BCUT2D eigenvalue weighted by Crippen LogP contribution is -2.37. The number of nitrogens with zero attached hydrogens (tertiary/aromatic N) is 4. The molecule has 28 heavy (non-hydrogen) atoms. The average molecular weight is 381 g/mol. The molecule has 7 heteroatoms. The number of aromatic nitrogens is 3. The minimum Gasteiger partial charge on any atom is -0.439 e. The number of ether oxygens (including phenoxy) is 1. The molecule has 2 aromatic heterocycles. The number of H-pyrrole nitrogens is 1. The van der Waals surface area contributed by atoms with Gasteiger partial charge in [0.1, 0.15) is 5.52 Å². The molecule has 2 aliphatic rings. The summed E-state index contributed by atoms with van der Waals surface area (Å²) in [6, 6.07) is 7.97. The van der Waals surface area contributed by atoms with Crippen molar-refractivity contribution in [2.45, 2.75) is 31.8 Å². The first-order valence-corrected chi connectivity index (χ1v) is 10.2. The lowest BCUT2D eigenvalue weighted by molar-refractivity contribution is 0.0339. The Balaban J connectivity index is 1.26. The summed E-state index contributed by atoms with van der Waals surface area (Å²) in [7, 11) is 0. The van der Waals surface area contributed by atoms with E-state index in [-0.39, 0.29) is 0 Å². The highest BCUT2D eigenvalue weighted by molar-refractivity contribution is 5.72. The molecule has 0 aliphatic carbocycles. The summed E-state index contributed by atoms with van der Waals surface area (Å²) in [5.74, 6) is 1.29. The van der Waals surface area contributed by atoms with Crippen LogP contribution in [0.2, 0.25) is 0 Å². The number of morpholine rings is 1. The van der Waals surface area contributed by atoms with Crippen molar-refractivity contribution in [2.75, 3.05) is 39.4 Å². The summed E-state index contributed by atoms with van der Waals surface area (Å²) in [4.78, 5) is 9.55. The molecule has 4 heterocycles. The fourth-order valence-electron chi connectivity index (χ4n) is 4.41. The highest BCUT2D eigenvalue weighted by atomic mass is 16.5. The summed E-state index contributed by atoms with van der Waals surface area (Å²) in [5, 5.41) is 7.67. The Morgan fingerprint density at radius 2 is 1.96 bits per heavy atom. The van der Waals surface area contributed by atoms with Gasteiger partial charge in [-0.1, -0.05) is 12.1 Å². The monoisotopic (exact) mass is 381 g/mol. The van der Waals surface area contributed by atoms with Crippen LogP contribution >= 0.6 is 0 Å². The van der Waals surface area contributed by atoms with Crippen LogP contribution in [0.3, 0.4) is 0 Å². The maximum atomic E-state index is 5.93. The number of benzene rings is 1. The topological polar surface area (TPSA) is 70.4 Å². The predicted molar refractivity (Wildman–Crippen MR) is 106 cm³/mol. The van der Waals surface area contributed by atoms with Crippen LogP contribution in [0.25, 0.3) is 11.1 Å². The molecule has 3 aromatic rings. The SMILES string of the molecule is c1ccc2oc(CN3CCCC(c4[nH]ncc4CN4CCOCC4)C3)nc2c1. The van der Waals surface area contributed by atoms with E-state index in [1.165, 1.54) is 24.1 Å². The fourth-order valence-corrected chi connectivity index (χ4v) is 4.41. The van der Waals surface area contributed by atoms with Gasteiger partial charge in [0.2, 0.25) is 5.89 Å². The molecule has 5 rings (SSSR count). The molecule has 2 saturated heterocycles. The van der Waals surface area contributed by atoms with Gasteiger partial charge in [0.25, 0.3) is 0 Å². The summed E-state index contributed by atoms with van der Waals surface area (Å²) >= 11 is 0. The highest BCUT2D eigenvalue weighted by Crippen LogP contribution is 2.29. The van der Waals surface area contributed by atoms with Gasteiger partial charge in [0, 0.05) is 43.4 Å². The highest BCUT2D eigenvalue weighted by Gasteiger charge is 2.26. The second kappa shape index (κ2) is 8.03. The summed E-state index contributed by atoms with van der Waals surface area (Å²) < 4.78 is 11.4. The van der Waals surface area contributed by atoms with E-state index < -0.39 is 0 Å². The predicted octanol–water partition coefficient (Wildman–Crippen LogP) is 2.76. The Bertz CT molecular complexity index is 881. The van der Waals surface area contributed by atoms with Crippen molar-refractivity contribution in [1.29, 1.82) is 0 Å². The summed E-state index contributed by atoms with van der Waals surface area (Å²) in [5.41, 5.74) is 4.43. The molecule has 0 spiro atoms. The smallest absolute Gasteiger partial charge is 0.209 e. The number of likely N-dealkylation sites (tertiary alicyclic amines) is 1. The van der Waals surface area contributed by atoms with Gasteiger partial charge in [-0.05, 0) is 31.5 Å². The summed E-state index contributed by atoms with van der Waals surface area (Å²) in [6.45, 7) is 7.47. The third-order valence-electron chi connectivity index (χ3n) is 5.86. The van der Waals surface area contributed by atoms with Gasteiger partial charge in [0.15, 0.2) is 5.58 Å². The van der Waals surface area contributed by atoms with Crippen LogP contribution in [-0.2, 0) is 17.8 Å². The van der Waals surface area contributed by atoms with Crippen molar-refractivity contribution in [3.05, 3.63) is 47.6 Å². The number of oxazole rings is 1. The Kier molecular flexibility index (Phi) is 5.12. The van der Waals surface area contributed by atoms with Crippen LogP contribution in [0.5, 0.6) is 0 Å². The molecular weight excluding hydrogens is 354 g/mol. The van der Waals surface area contributed by atoms with Crippen molar-refractivity contribution in [1.82, 2.24) is 25.0 Å². The number of aromatic amines is 1. The Morgan fingerprint density at radius 3 is 2.86 bits per heavy atom. The minimum absolute atomic E-state index is 0.483. The maximum Gasteiger partial charge on any atom is 0.209 e. The van der Waals surface area contributed by atoms with Crippen molar-refractivity contribution >= 4 is 11.1 Å². The number of hydrogen-bond acceptors (Lipinski definition) is 6. The van der Waals surface area contributed by atoms with Gasteiger partial charge >= 0.3 is 0 Å². The van der Waals surface area contributed by atoms with Gasteiger partial charge in [-0.3, -0.25) is 14.9 Å². The molecule has 148 valence electrons. The number of para-hydroxylation sites is 2. The number of fused-ring (bicyclic) bond motifs is 1. The standard InChI is InChI=1S/C21H27N5O2/c1-2-6-19-18(5-1)23-20(28-19)15-26-7-3-4-16(13-26)21-17(12-22-24-21)14-25-8-10-27-11-9-25/h1-2,5-6,12,16H,3-4,7-11,13-15H2,(H,22,24). The first-order valence-electron chi connectivity index (χ1n) is 10.2. The molecule has 0 amide bonds. The van der Waals surface area contributed by atoms with E-state index in [1.807, 2.05) is 30.5 Å². The number of piperidine rings is 1. The van der Waals surface area contributed by atoms with Gasteiger partial charge in [-0.25, -0.2) is 4.98 Å². The van der Waals surface area contributed by atoms with E-state index in [0.29, 0.717) is 5.92 Å². The lowest BCUT2D eigenvalue weighted by atomic mass is 9.92. The fraction of sp³-hybridized carbons (Fsp3) is 0.524. The first kappa shape index (κ1) is 17.8. The third kappa shape index (κ3) is 3.83. The van der Waals surface area contributed by atoms with Crippen molar-refractivity contribution < 1.29 is 9.15 Å². The molecule has 2 fully saturated rings. The average Bonchev–Trinajstić information content (AvgIpc) is 3.35. The van der Waals surface area contributed by atoms with Crippen LogP contribution < -0.4 is 0 Å². The molecular formula is C21H27N5O2. The van der Waals surface area contributed by atoms with Crippen LogP contribution in [-0.4, -0.2) is 64.4 Å². The van der Waals surface area contributed by atoms with Crippen LogP contribution in [0.1, 0.15) is 35.9 Å². The van der Waals surface area contributed by atoms with Crippen LogP contribution in [0.4, 0.5) is 0 Å². The normalized spacial score (nSPS) is 22.1. The number of nitrogens with one attached hydrogen (secondary N) is 1. The molecule has 0 saturated carbocycles. The molecule has 1 aromatic carbocycles. The molecule has 7 nitrogen and oxygen atoms in total. The molecule has 1 atom stereocenters. The van der Waals surface area contributed by atoms with Gasteiger partial charge < -0.3 is 9.15 Å². The van der Waals surface area contributed by atoms with E-state index in [2.05, 4.69) is 25.0 Å². The van der Waals surface area contributed by atoms with Gasteiger partial charge in [-0.2, -0.15) is 5.10 Å². The second-order valence-corrected chi connectivity index (χ2v) is 7.85. The van der Waals surface area contributed by atoms with Crippen molar-refractivity contribution in [3.63, 3.8) is 0 Å². The zero-order valence-corrected chi connectivity index (χ0v) is 16.1. The van der Waals surface area contributed by atoms with Crippen molar-refractivity contribution in [3.8, 4) is 0 Å².